The number of benzene rings is 2. The fourth-order valence-electron chi connectivity index (χ4n) is 4.24. The predicted octanol–water partition coefficient (Wildman–Crippen LogP) is 2.82. The van der Waals surface area contributed by atoms with Crippen molar-refractivity contribution >= 4 is 32.7 Å². The molecule has 0 amide bonds. The maximum Gasteiger partial charge on any atom is 0.340 e. The normalized spacial score (nSPS) is 13.5. The van der Waals surface area contributed by atoms with Crippen molar-refractivity contribution in [1.29, 1.82) is 5.41 Å². The third-order valence-corrected chi connectivity index (χ3v) is 7.59. The third kappa shape index (κ3) is 4.76. The number of sulfone groups is 1. The largest absolute Gasteiger partial charge is 0.508 e. The van der Waals surface area contributed by atoms with Gasteiger partial charge in [-0.1, -0.05) is 0 Å². The van der Waals surface area contributed by atoms with E-state index in [0.29, 0.717) is 27.9 Å². The summed E-state index contributed by atoms with van der Waals surface area (Å²) in [5.74, 6) is -0.982. The number of fused-ring (bicyclic) bond motifs is 1. The van der Waals surface area contributed by atoms with Gasteiger partial charge in [0.25, 0.3) is 0 Å². The van der Waals surface area contributed by atoms with Crippen LogP contribution in [-0.4, -0.2) is 43.7 Å². The lowest BCUT2D eigenvalue weighted by atomic mass is 10.0. The van der Waals surface area contributed by atoms with Gasteiger partial charge in [0.15, 0.2) is 15.8 Å². The molecule has 0 radical (unpaired) electrons. The van der Waals surface area contributed by atoms with Gasteiger partial charge in [-0.2, -0.15) is 0 Å². The molecule has 0 aliphatic heterocycles. The molecule has 0 spiro atoms. The molecule has 1 heterocycles. The van der Waals surface area contributed by atoms with Crippen LogP contribution in [0.2, 0.25) is 0 Å². The quantitative estimate of drug-likeness (QED) is 0.198. The van der Waals surface area contributed by atoms with E-state index < -0.39 is 21.6 Å². The summed E-state index contributed by atoms with van der Waals surface area (Å²) in [6.07, 6.45) is 1.67. The van der Waals surface area contributed by atoms with Gasteiger partial charge in [0.1, 0.15) is 11.5 Å². The van der Waals surface area contributed by atoms with Gasteiger partial charge in [-0.05, 0) is 56.2 Å². The molecule has 5 N–H and O–H groups in total. The molecule has 0 unspecified atom stereocenters. The van der Waals surface area contributed by atoms with Gasteiger partial charge in [0.2, 0.25) is 0 Å². The number of hydrogen-bond acceptors (Lipinski definition) is 7. The number of methoxy groups -OCH3 is 1. The van der Waals surface area contributed by atoms with Crippen LogP contribution in [0.4, 0.5) is 0 Å². The van der Waals surface area contributed by atoms with E-state index in [-0.39, 0.29) is 41.4 Å². The van der Waals surface area contributed by atoms with Crippen LogP contribution in [0.15, 0.2) is 41.3 Å². The first-order chi connectivity index (χ1) is 16.7. The van der Waals surface area contributed by atoms with Crippen LogP contribution in [0, 0.1) is 5.41 Å². The van der Waals surface area contributed by atoms with Crippen molar-refractivity contribution < 1.29 is 27.8 Å². The zero-order chi connectivity index (χ0) is 25.3. The molecule has 1 aliphatic rings. The zero-order valence-electron chi connectivity index (χ0n) is 19.5. The van der Waals surface area contributed by atoms with Gasteiger partial charge < -0.3 is 30.2 Å². The molecule has 1 aromatic heterocycles. The fourth-order valence-corrected chi connectivity index (χ4v) is 5.60. The number of carbonyl (C=O) groups excluding carboxylic acids is 1. The number of rotatable bonds is 9. The Hall–Kier alpha value is -3.73. The number of hydrogen-bond donors (Lipinski definition) is 4. The highest BCUT2D eigenvalue weighted by Gasteiger charge is 2.36. The molecule has 11 heteroatoms. The number of aromatic nitrogens is 1. The summed E-state index contributed by atoms with van der Waals surface area (Å²) < 4.78 is 39.3. The van der Waals surface area contributed by atoms with E-state index in [4.69, 9.17) is 20.6 Å². The molecule has 0 atom stereocenters. The summed E-state index contributed by atoms with van der Waals surface area (Å²) in [7, 11) is -2.35. The Bertz CT molecular complexity index is 1390. The van der Waals surface area contributed by atoms with Crippen molar-refractivity contribution in [2.24, 2.45) is 5.73 Å². The summed E-state index contributed by atoms with van der Waals surface area (Å²) in [4.78, 5) is 13.3. The van der Waals surface area contributed by atoms with E-state index in [2.05, 4.69) is 5.32 Å². The minimum atomic E-state index is -3.85. The van der Waals surface area contributed by atoms with E-state index >= 15 is 0 Å². The second-order valence-electron chi connectivity index (χ2n) is 8.30. The van der Waals surface area contributed by atoms with Crippen molar-refractivity contribution in [3.05, 3.63) is 53.2 Å². The number of aromatic hydroxyl groups is 1. The summed E-state index contributed by atoms with van der Waals surface area (Å²) in [6, 6.07) is 9.27. The minimum Gasteiger partial charge on any atom is -0.508 e. The molecule has 35 heavy (non-hydrogen) atoms. The molecule has 4 rings (SSSR count). The van der Waals surface area contributed by atoms with Gasteiger partial charge in [0, 0.05) is 29.2 Å². The van der Waals surface area contributed by atoms with Crippen molar-refractivity contribution in [2.45, 2.75) is 43.0 Å². The van der Waals surface area contributed by atoms with Gasteiger partial charge in [-0.15, -0.1) is 0 Å². The SMILES string of the molecule is CCOC(=O)c1c(CS(=O)(=O)c2ccc(OC)cc2)n(C2CC2)c2ccc(O)c(CNC(=N)N)c12. The second-order valence-corrected chi connectivity index (χ2v) is 10.3. The molecule has 186 valence electrons. The van der Waals surface area contributed by atoms with Gasteiger partial charge in [0.05, 0.1) is 35.4 Å². The van der Waals surface area contributed by atoms with Crippen molar-refractivity contribution in [3.63, 3.8) is 0 Å². The first kappa shape index (κ1) is 24.4. The molecule has 3 aromatic rings. The topological polar surface area (TPSA) is 157 Å². The van der Waals surface area contributed by atoms with Crippen LogP contribution in [0.5, 0.6) is 11.5 Å². The lowest BCUT2D eigenvalue weighted by Gasteiger charge is -2.12. The molecule has 1 fully saturated rings. The van der Waals surface area contributed by atoms with Gasteiger partial charge >= 0.3 is 5.97 Å². The van der Waals surface area contributed by atoms with Crippen molar-refractivity contribution in [2.75, 3.05) is 13.7 Å². The van der Waals surface area contributed by atoms with Crippen molar-refractivity contribution in [1.82, 2.24) is 9.88 Å². The van der Waals surface area contributed by atoms with Crippen LogP contribution in [0.1, 0.15) is 47.4 Å². The van der Waals surface area contributed by atoms with E-state index in [1.54, 1.807) is 25.1 Å². The third-order valence-electron chi connectivity index (χ3n) is 5.95. The Labute approximate surface area is 203 Å². The first-order valence-electron chi connectivity index (χ1n) is 11.2. The van der Waals surface area contributed by atoms with Crippen molar-refractivity contribution in [3.8, 4) is 11.5 Å². The molecular weight excluding hydrogens is 472 g/mol. The van der Waals surface area contributed by atoms with E-state index in [0.717, 1.165) is 12.8 Å². The molecule has 10 nitrogen and oxygen atoms in total. The standard InChI is InChI=1S/C24H28N4O6S/c1-3-34-23(30)22-19(13-35(31,32)16-8-6-15(33-2)7-9-16)28(14-4-5-14)18-10-11-20(29)17(21(18)22)12-27-24(25)26/h6-11,14,29H,3-5,12-13H2,1-2H3,(H4,25,26,27). The number of phenols is 1. The van der Waals surface area contributed by atoms with E-state index in [1.165, 1.54) is 25.3 Å². The number of carbonyl (C=O) groups is 1. The van der Waals surface area contributed by atoms with E-state index in [1.807, 2.05) is 4.57 Å². The highest BCUT2D eigenvalue weighted by Crippen LogP contribution is 2.44. The molecule has 0 saturated heterocycles. The van der Waals surface area contributed by atoms with Crippen LogP contribution >= 0.6 is 0 Å². The fraction of sp³-hybridized carbons (Fsp3) is 0.333. The van der Waals surface area contributed by atoms with Crippen LogP contribution in [0.3, 0.4) is 0 Å². The maximum atomic E-state index is 13.5. The highest BCUT2D eigenvalue weighted by molar-refractivity contribution is 7.90. The predicted molar refractivity (Wildman–Crippen MR) is 130 cm³/mol. The summed E-state index contributed by atoms with van der Waals surface area (Å²) in [5, 5.41) is 21.2. The van der Waals surface area contributed by atoms with Crippen LogP contribution in [-0.2, 0) is 26.9 Å². The number of esters is 1. The maximum absolute atomic E-state index is 13.5. The Morgan fingerprint density at radius 2 is 1.91 bits per heavy atom. The molecular formula is C24H28N4O6S. The lowest BCUT2D eigenvalue weighted by Crippen LogP contribution is -2.29. The number of guanidine groups is 1. The van der Waals surface area contributed by atoms with Crippen LogP contribution in [0.25, 0.3) is 10.9 Å². The number of ether oxygens (including phenoxy) is 2. The smallest absolute Gasteiger partial charge is 0.340 e. The number of nitrogens with one attached hydrogen (secondary N) is 2. The molecule has 1 saturated carbocycles. The van der Waals surface area contributed by atoms with E-state index in [9.17, 15) is 18.3 Å². The Morgan fingerprint density at radius 1 is 1.23 bits per heavy atom. The van der Waals surface area contributed by atoms with Crippen LogP contribution < -0.4 is 15.8 Å². The Kier molecular flexibility index (Phi) is 6.62. The average Bonchev–Trinajstić information content (AvgIpc) is 3.60. The molecule has 1 aliphatic carbocycles. The average molecular weight is 501 g/mol. The summed E-state index contributed by atoms with van der Waals surface area (Å²) >= 11 is 0. The summed E-state index contributed by atoms with van der Waals surface area (Å²) in [5.41, 5.74) is 6.81. The summed E-state index contributed by atoms with van der Waals surface area (Å²) in [6.45, 7) is 1.74. The Morgan fingerprint density at radius 3 is 2.49 bits per heavy atom. The first-order valence-corrected chi connectivity index (χ1v) is 12.8. The van der Waals surface area contributed by atoms with Gasteiger partial charge in [-0.3, -0.25) is 5.41 Å². The lowest BCUT2D eigenvalue weighted by molar-refractivity contribution is 0.0527. The zero-order valence-corrected chi connectivity index (χ0v) is 20.3. The Balaban J connectivity index is 1.95. The van der Waals surface area contributed by atoms with Gasteiger partial charge in [-0.25, -0.2) is 13.2 Å². The number of phenolic OH excluding ortho intramolecular Hbond substituents is 1. The monoisotopic (exact) mass is 500 g/mol. The minimum absolute atomic E-state index is 0.0236. The second kappa shape index (κ2) is 9.49. The molecule has 0 bridgehead atoms. The molecule has 2 aromatic carbocycles. The number of nitrogens with zero attached hydrogens (tertiary/aromatic N) is 1. The number of nitrogens with two attached hydrogens (primary N) is 1. The highest BCUT2D eigenvalue weighted by atomic mass is 32.2.